The van der Waals surface area contributed by atoms with Gasteiger partial charge in [-0.1, -0.05) is 37.1 Å². The number of aliphatic hydroxyl groups is 1. The van der Waals surface area contributed by atoms with Crippen LogP contribution in [0.25, 0.3) is 0 Å². The van der Waals surface area contributed by atoms with Crippen molar-refractivity contribution in [2.45, 2.75) is 160 Å². The van der Waals surface area contributed by atoms with Gasteiger partial charge < -0.3 is 38.3 Å². The Morgan fingerprint density at radius 3 is 2.09 bits per heavy atom. The summed E-state index contributed by atoms with van der Waals surface area (Å²) < 4.78 is 45.3. The zero-order valence-corrected chi connectivity index (χ0v) is 29.4. The molecule has 6 fully saturated rings. The maximum atomic E-state index is 10.8. The first-order valence-corrected chi connectivity index (χ1v) is 19.4. The van der Waals surface area contributed by atoms with Gasteiger partial charge >= 0.3 is 0 Å². The molecule has 8 nitrogen and oxygen atoms in total. The fourth-order valence-electron chi connectivity index (χ4n) is 10.7. The van der Waals surface area contributed by atoms with E-state index in [1.807, 2.05) is 6.92 Å². The number of allylic oxidation sites excluding steroid dienone is 3. The molecule has 0 amide bonds. The molecule has 0 spiro atoms. The molecule has 4 aliphatic carbocycles. The van der Waals surface area contributed by atoms with Gasteiger partial charge in [0.25, 0.3) is 0 Å². The number of fused-ring (bicyclic) bond motifs is 5. The van der Waals surface area contributed by atoms with Gasteiger partial charge in [0.15, 0.2) is 18.9 Å². The highest BCUT2D eigenvalue weighted by Crippen LogP contribution is 2.66. The average Bonchev–Trinajstić information content (AvgIpc) is 3.45. The molecule has 0 aromatic heterocycles. The molecule has 7 aliphatic rings. The van der Waals surface area contributed by atoms with E-state index in [0.29, 0.717) is 31.0 Å². The summed E-state index contributed by atoms with van der Waals surface area (Å²) in [6.45, 7) is 10.4. The molecule has 0 aromatic rings. The van der Waals surface area contributed by atoms with Crippen LogP contribution in [0.3, 0.4) is 0 Å². The number of aliphatic hydroxyl groups excluding tert-OH is 1. The number of hydrogen-bond acceptors (Lipinski definition) is 8. The Hall–Kier alpha value is -0.840. The lowest BCUT2D eigenvalue weighted by Gasteiger charge is -2.59. The summed E-state index contributed by atoms with van der Waals surface area (Å²) in [5, 5.41) is 10.8. The summed E-state index contributed by atoms with van der Waals surface area (Å²) in [6.07, 6.45) is 19.1. The normalized spacial score (nSPS) is 44.5. The van der Waals surface area contributed by atoms with Crippen LogP contribution in [-0.2, 0) is 33.2 Å². The molecule has 0 radical (unpaired) electrons. The second-order valence-corrected chi connectivity index (χ2v) is 16.1. The van der Waals surface area contributed by atoms with Crippen molar-refractivity contribution in [1.29, 1.82) is 0 Å². The Bertz CT molecular complexity index is 1090. The van der Waals surface area contributed by atoms with Gasteiger partial charge in [-0.05, 0) is 126 Å². The quantitative estimate of drug-likeness (QED) is 0.233. The minimum atomic E-state index is -0.270. The first-order valence-electron chi connectivity index (χ1n) is 19.4. The van der Waals surface area contributed by atoms with Crippen LogP contribution < -0.4 is 0 Å². The second kappa shape index (κ2) is 15.2. The fraction of sp³-hybridized carbons (Fsp3) is 0.897. The van der Waals surface area contributed by atoms with Crippen molar-refractivity contribution in [3.05, 3.63) is 23.3 Å². The van der Waals surface area contributed by atoms with Crippen molar-refractivity contribution >= 4 is 0 Å². The van der Waals surface area contributed by atoms with Crippen molar-refractivity contribution < 1.29 is 38.3 Å². The smallest absolute Gasteiger partial charge is 0.158 e. The van der Waals surface area contributed by atoms with Gasteiger partial charge in [-0.15, -0.1) is 0 Å². The molecule has 3 aliphatic heterocycles. The highest BCUT2D eigenvalue weighted by Gasteiger charge is 2.62. The maximum Gasteiger partial charge on any atom is 0.158 e. The number of ether oxygens (including phenoxy) is 7. The van der Waals surface area contributed by atoms with Gasteiger partial charge in [-0.2, -0.15) is 0 Å². The van der Waals surface area contributed by atoms with Crippen molar-refractivity contribution in [3.8, 4) is 0 Å². The van der Waals surface area contributed by atoms with Crippen LogP contribution in [0.5, 0.6) is 0 Å². The second-order valence-electron chi connectivity index (χ2n) is 16.1. The van der Waals surface area contributed by atoms with Crippen molar-refractivity contribution in [3.63, 3.8) is 0 Å². The summed E-state index contributed by atoms with van der Waals surface area (Å²) in [6, 6.07) is 0. The van der Waals surface area contributed by atoms with Gasteiger partial charge in [0.1, 0.15) is 6.10 Å². The molecule has 8 heteroatoms. The molecule has 3 unspecified atom stereocenters. The SMILES string of the molecule is C[C@H](O)[C@H]1CC[C@H]2C3=CC=C4C[C@@H](OC5CCCCO5)[C@@H](OCCCOC5CCCCO5)[C@H](OC5CCCCO5)[C@]4(C)[C@H]3CC[C@]12C. The number of rotatable bonds is 11. The first kappa shape index (κ1) is 34.6. The molecule has 7 rings (SSSR count). The highest BCUT2D eigenvalue weighted by atomic mass is 16.7. The standard InChI is InChI=1S/C39H62O8/c1-26(40)29-16-17-30-28-15-14-27-25-32(46-34-12-5-8-21-43-34)36(45-24-10-23-42-33-11-4-7-20-41-33)37(47-35-13-6-9-22-44-35)39(27,3)31(28)18-19-38(29,30)2/h14-15,26,29-37,40H,4-13,16-25H2,1-3H3/t26-,29+,30-,31-,32+,33?,34?,35?,36+,37-,38+,39-/m0/s1. The van der Waals surface area contributed by atoms with Gasteiger partial charge in [0, 0.05) is 31.8 Å². The molecule has 0 aromatic carbocycles. The largest absolute Gasteiger partial charge is 0.393 e. The van der Waals surface area contributed by atoms with Gasteiger partial charge in [-0.25, -0.2) is 0 Å². The van der Waals surface area contributed by atoms with Gasteiger partial charge in [-0.3, -0.25) is 0 Å². The van der Waals surface area contributed by atoms with E-state index < -0.39 is 0 Å². The zero-order chi connectivity index (χ0) is 32.4. The molecule has 12 atom stereocenters. The Balaban J connectivity index is 1.16. The van der Waals surface area contributed by atoms with Crippen LogP contribution in [0, 0.1) is 28.6 Å². The molecule has 3 saturated heterocycles. The van der Waals surface area contributed by atoms with E-state index in [4.69, 9.17) is 33.2 Å². The molecule has 47 heavy (non-hydrogen) atoms. The van der Waals surface area contributed by atoms with E-state index in [-0.39, 0.29) is 54.1 Å². The van der Waals surface area contributed by atoms with Gasteiger partial charge in [0.2, 0.25) is 0 Å². The summed E-state index contributed by atoms with van der Waals surface area (Å²) in [5.74, 6) is 1.21. The fourth-order valence-corrected chi connectivity index (χ4v) is 10.7. The molecular formula is C39H62O8. The van der Waals surface area contributed by atoms with Crippen LogP contribution in [-0.4, -0.2) is 81.4 Å². The Kier molecular flexibility index (Phi) is 11.2. The monoisotopic (exact) mass is 658 g/mol. The Labute approximate surface area is 283 Å². The van der Waals surface area contributed by atoms with Crippen LogP contribution in [0.4, 0.5) is 0 Å². The predicted octanol–water partition coefficient (Wildman–Crippen LogP) is 7.23. The minimum absolute atomic E-state index is 0.0856. The third-order valence-electron chi connectivity index (χ3n) is 13.3. The zero-order valence-electron chi connectivity index (χ0n) is 29.4. The summed E-state index contributed by atoms with van der Waals surface area (Å²) in [7, 11) is 0. The van der Waals surface area contributed by atoms with Gasteiger partial charge in [0.05, 0.1) is 24.9 Å². The van der Waals surface area contributed by atoms with E-state index in [2.05, 4.69) is 26.0 Å². The summed E-state index contributed by atoms with van der Waals surface area (Å²) in [5.41, 5.74) is 2.89. The topological polar surface area (TPSA) is 84.8 Å². The van der Waals surface area contributed by atoms with E-state index >= 15 is 0 Å². The Morgan fingerprint density at radius 1 is 0.766 bits per heavy atom. The summed E-state index contributed by atoms with van der Waals surface area (Å²) in [4.78, 5) is 0. The van der Waals surface area contributed by atoms with Crippen LogP contribution >= 0.6 is 0 Å². The van der Waals surface area contributed by atoms with Crippen LogP contribution in [0.1, 0.15) is 117 Å². The molecule has 266 valence electrons. The molecular weight excluding hydrogens is 596 g/mol. The average molecular weight is 659 g/mol. The Morgan fingerprint density at radius 2 is 1.43 bits per heavy atom. The maximum absolute atomic E-state index is 10.8. The molecule has 0 bridgehead atoms. The van der Waals surface area contributed by atoms with E-state index in [1.165, 1.54) is 12.0 Å². The molecule has 3 saturated carbocycles. The van der Waals surface area contributed by atoms with Crippen molar-refractivity contribution in [1.82, 2.24) is 0 Å². The minimum Gasteiger partial charge on any atom is -0.393 e. The lowest BCUT2D eigenvalue weighted by molar-refractivity contribution is -0.283. The van der Waals surface area contributed by atoms with Crippen LogP contribution in [0.2, 0.25) is 0 Å². The third kappa shape index (κ3) is 7.06. The third-order valence-corrected chi connectivity index (χ3v) is 13.3. The molecule has 1 N–H and O–H groups in total. The molecule has 3 heterocycles. The van der Waals surface area contributed by atoms with Crippen LogP contribution in [0.15, 0.2) is 23.3 Å². The first-order chi connectivity index (χ1) is 22.9. The lowest BCUT2D eigenvalue weighted by Crippen LogP contribution is -2.62. The number of hydrogen-bond donors (Lipinski definition) is 1. The predicted molar refractivity (Wildman–Crippen MR) is 178 cm³/mol. The highest BCUT2D eigenvalue weighted by molar-refractivity contribution is 5.41. The van der Waals surface area contributed by atoms with E-state index in [9.17, 15) is 5.11 Å². The van der Waals surface area contributed by atoms with Crippen molar-refractivity contribution in [2.24, 2.45) is 28.6 Å². The van der Waals surface area contributed by atoms with Crippen molar-refractivity contribution in [2.75, 3.05) is 33.0 Å². The van der Waals surface area contributed by atoms with E-state index in [0.717, 1.165) is 110 Å². The summed E-state index contributed by atoms with van der Waals surface area (Å²) >= 11 is 0. The van der Waals surface area contributed by atoms with E-state index in [1.54, 1.807) is 5.57 Å². The lowest BCUT2D eigenvalue weighted by atomic mass is 9.49.